The molecule has 7 nitrogen and oxygen atoms in total. The molecule has 11 heavy (non-hydrogen) atoms. The fourth-order valence-electron chi connectivity index (χ4n) is 0. The van der Waals surface area contributed by atoms with Gasteiger partial charge in [0.25, 0.3) is 0 Å². The Balaban J connectivity index is -0.0000000150. The van der Waals surface area contributed by atoms with E-state index in [2.05, 4.69) is 0 Å². The van der Waals surface area contributed by atoms with E-state index in [9.17, 15) is 0 Å². The third-order valence-electron chi connectivity index (χ3n) is 0. The molecule has 11 heteroatoms. The molecular formula is H6Al4O7. The molecular weight excluding hydrogens is 220 g/mol. The Labute approximate surface area is 92.6 Å². The van der Waals surface area contributed by atoms with Crippen molar-refractivity contribution in [2.45, 2.75) is 0 Å². The maximum atomic E-state index is 8.57. The van der Waals surface area contributed by atoms with Crippen molar-refractivity contribution in [2.24, 2.45) is 0 Å². The van der Waals surface area contributed by atoms with E-state index in [-0.39, 0.29) is 22.8 Å². The van der Waals surface area contributed by atoms with Crippen molar-refractivity contribution in [1.29, 1.82) is 0 Å². The van der Waals surface area contributed by atoms with Gasteiger partial charge in [-0.15, -0.1) is 0 Å². The zero-order valence-electron chi connectivity index (χ0n) is 4.71. The average Bonchev–Trinajstić information content (AvgIpc) is 1.70. The van der Waals surface area contributed by atoms with Crippen LogP contribution in [0.15, 0.2) is 0 Å². The van der Waals surface area contributed by atoms with Crippen LogP contribution in [0.1, 0.15) is 0 Å². The van der Waals surface area contributed by atoms with Crippen LogP contribution in [-0.2, 0) is 16.9 Å². The summed E-state index contributed by atoms with van der Waals surface area (Å²) in [5.41, 5.74) is 0. The van der Waals surface area contributed by atoms with Crippen LogP contribution < -0.4 is 0 Å². The first kappa shape index (κ1) is 29.7. The van der Waals surface area contributed by atoms with Gasteiger partial charge < -0.3 is 0 Å². The van der Waals surface area contributed by atoms with E-state index < -0.39 is 46.5 Å². The van der Waals surface area contributed by atoms with Crippen molar-refractivity contribution in [3.8, 4) is 0 Å². The molecule has 0 heterocycles. The van der Waals surface area contributed by atoms with Crippen LogP contribution >= 0.6 is 0 Å². The summed E-state index contributed by atoms with van der Waals surface area (Å²) < 4.78 is 47.0. The second-order valence-corrected chi connectivity index (χ2v) is 0.949. The van der Waals surface area contributed by atoms with Crippen LogP contribution in [0.2, 0.25) is 0 Å². The van der Waals surface area contributed by atoms with Gasteiger partial charge in [-0.1, -0.05) is 0 Å². The first-order chi connectivity index (χ1) is 4.24. The van der Waals surface area contributed by atoms with E-state index >= 15 is 0 Å². The second-order valence-electron chi connectivity index (χ2n) is 0.316. The molecule has 0 aliphatic heterocycles. The molecule has 0 amide bonds. The Kier molecular flexibility index (Phi) is 190. The molecule has 0 aromatic carbocycles. The third kappa shape index (κ3) is 1090. The van der Waals surface area contributed by atoms with E-state index in [4.69, 9.17) is 23.9 Å². The SMILES string of the molecule is [AlH3].[O].[O]=[Al][OH].[O]=[Al][OH].[O]=[Al][OH]. The molecule has 0 aromatic heterocycles. The third-order valence-corrected chi connectivity index (χ3v) is 0. The van der Waals surface area contributed by atoms with Crippen molar-refractivity contribution >= 4 is 63.8 Å². The van der Waals surface area contributed by atoms with Gasteiger partial charge in [0, 0.05) is 5.48 Å². The van der Waals surface area contributed by atoms with Crippen molar-refractivity contribution in [3.63, 3.8) is 0 Å². The van der Waals surface area contributed by atoms with Gasteiger partial charge in [0.15, 0.2) is 17.4 Å². The fraction of sp³-hybridized carbons (Fsp3) is 0. The molecule has 0 spiro atoms. The minimum atomic E-state index is -1.50. The first-order valence-corrected chi connectivity index (χ1v) is 4.45. The quantitative estimate of drug-likeness (QED) is 0.355. The predicted molar refractivity (Wildman–Crippen MR) is 36.6 cm³/mol. The van der Waals surface area contributed by atoms with Gasteiger partial charge in [0.05, 0.1) is 0 Å². The van der Waals surface area contributed by atoms with Crippen LogP contribution in [0.5, 0.6) is 0 Å². The summed E-state index contributed by atoms with van der Waals surface area (Å²) in [6, 6.07) is 0. The summed E-state index contributed by atoms with van der Waals surface area (Å²) in [5.74, 6) is 0. The predicted octanol–water partition coefficient (Wildman–Crippen LogP) is -4.47. The summed E-state index contributed by atoms with van der Waals surface area (Å²) in [6.07, 6.45) is 0. The summed E-state index contributed by atoms with van der Waals surface area (Å²) in [6.45, 7) is 0. The molecule has 60 valence electrons. The topological polar surface area (TPSA) is 140 Å². The summed E-state index contributed by atoms with van der Waals surface area (Å²) in [4.78, 5) is 0. The van der Waals surface area contributed by atoms with Crippen molar-refractivity contribution in [3.05, 3.63) is 0 Å². The molecule has 3 N–H and O–H groups in total. The first-order valence-electron chi connectivity index (χ1n) is 1.48. The van der Waals surface area contributed by atoms with Crippen LogP contribution in [0.3, 0.4) is 0 Å². The second kappa shape index (κ2) is 70.4. The van der Waals surface area contributed by atoms with Crippen LogP contribution in [0, 0.1) is 0 Å². The standard InChI is InChI=1S/4Al.3H2O.4O.3H/h;;;;3*1H2;;;;;;;/q;3*+1;;;;;;;;;;/p-3. The van der Waals surface area contributed by atoms with Crippen LogP contribution in [0.4, 0.5) is 0 Å². The molecule has 0 aliphatic carbocycles. The van der Waals surface area contributed by atoms with E-state index in [1.165, 1.54) is 0 Å². The Morgan fingerprint density at radius 3 is 0.727 bits per heavy atom. The van der Waals surface area contributed by atoms with Gasteiger partial charge in [-0.25, -0.2) is 0 Å². The van der Waals surface area contributed by atoms with Gasteiger partial charge >= 0.3 is 70.3 Å². The molecule has 0 rings (SSSR count). The van der Waals surface area contributed by atoms with Crippen molar-refractivity contribution in [2.75, 3.05) is 0 Å². The average molecular weight is 226 g/mol. The molecule has 0 atom stereocenters. The number of hydrogen-bond donors (Lipinski definition) is 3. The molecule has 0 aromatic rings. The summed E-state index contributed by atoms with van der Waals surface area (Å²) in [7, 11) is 0. The van der Waals surface area contributed by atoms with E-state index in [0.717, 1.165) is 0 Å². The molecule has 0 fully saturated rings. The van der Waals surface area contributed by atoms with Crippen LogP contribution in [0.25, 0.3) is 0 Å². The fourth-order valence-corrected chi connectivity index (χ4v) is 0. The van der Waals surface area contributed by atoms with Gasteiger partial charge in [0.2, 0.25) is 0 Å². The summed E-state index contributed by atoms with van der Waals surface area (Å²) >= 11 is -4.50. The molecule has 0 saturated heterocycles. The molecule has 0 unspecified atom stereocenters. The molecule has 0 bridgehead atoms. The summed E-state index contributed by atoms with van der Waals surface area (Å²) in [5, 5.41) is 0. The zero-order valence-corrected chi connectivity index (χ0v) is 8.17. The van der Waals surface area contributed by atoms with Gasteiger partial charge in [-0.3, -0.25) is 0 Å². The Morgan fingerprint density at radius 1 is 0.727 bits per heavy atom. The van der Waals surface area contributed by atoms with Gasteiger partial charge in [-0.2, -0.15) is 0 Å². The van der Waals surface area contributed by atoms with E-state index in [1.54, 1.807) is 0 Å². The van der Waals surface area contributed by atoms with Crippen molar-refractivity contribution < 1.29 is 29.4 Å². The van der Waals surface area contributed by atoms with Crippen molar-refractivity contribution in [1.82, 2.24) is 0 Å². The molecule has 2 radical (unpaired) electrons. The normalized spacial score (nSPS) is 2.18. The Bertz CT molecular complexity index is 47.2. The van der Waals surface area contributed by atoms with Gasteiger partial charge in [-0.05, 0) is 0 Å². The van der Waals surface area contributed by atoms with E-state index in [0.29, 0.717) is 0 Å². The molecule has 0 saturated carbocycles. The number of rotatable bonds is 0. The molecule has 0 aliphatic rings. The minimum absolute atomic E-state index is 0. The maximum absolute atomic E-state index is 8.57. The Morgan fingerprint density at radius 2 is 0.727 bits per heavy atom. The zero-order chi connectivity index (χ0) is 8.12. The number of hydrogen-bond acceptors (Lipinski definition) is 3. The van der Waals surface area contributed by atoms with E-state index in [1.807, 2.05) is 0 Å². The Hall–Kier alpha value is 0.890. The monoisotopic (exact) mass is 226 g/mol. The van der Waals surface area contributed by atoms with Gasteiger partial charge in [0.1, 0.15) is 0 Å². The van der Waals surface area contributed by atoms with Crippen LogP contribution in [-0.4, -0.2) is 76.3 Å².